The average Bonchev–Trinajstić information content (AvgIpc) is 3.69. The molecule has 0 radical (unpaired) electrons. The van der Waals surface area contributed by atoms with Crippen LogP contribution in [0.3, 0.4) is 0 Å². The van der Waals surface area contributed by atoms with Gasteiger partial charge in [0.2, 0.25) is 0 Å². The van der Waals surface area contributed by atoms with E-state index in [0.717, 1.165) is 78.0 Å². The fraction of sp³-hybridized carbons (Fsp3) is 0.213. The van der Waals surface area contributed by atoms with E-state index in [1.165, 1.54) is 22.3 Å². The fourth-order valence-corrected chi connectivity index (χ4v) is 8.93. The smallest absolute Gasteiger partial charge is 0.149 e. The number of phenolic OH excluding ortho intramolecular Hbond substituents is 1. The molecule has 324 valence electrons. The lowest BCUT2D eigenvalue weighted by Gasteiger charge is -2.22. The highest BCUT2D eigenvalue weighted by molar-refractivity contribution is 5.98. The van der Waals surface area contributed by atoms with Crippen LogP contribution in [-0.4, -0.2) is 19.6 Å². The van der Waals surface area contributed by atoms with Crippen molar-refractivity contribution in [1.29, 1.82) is 0 Å². The lowest BCUT2D eigenvalue weighted by molar-refractivity contribution is 0.472. The number of benzene rings is 7. The first-order chi connectivity index (χ1) is 31.3. The summed E-state index contributed by atoms with van der Waals surface area (Å²) in [5, 5.41) is 11.9. The van der Waals surface area contributed by atoms with E-state index in [2.05, 4.69) is 193 Å². The topological polar surface area (TPSA) is 50.9 Å². The monoisotopic (exact) mass is 850 g/mol. The van der Waals surface area contributed by atoms with Crippen molar-refractivity contribution in [2.75, 3.05) is 0 Å². The molecule has 0 saturated heterocycles. The average molecular weight is 851 g/mol. The molecule has 0 saturated carbocycles. The SMILES string of the molecule is [2H]C(C)(C)c1ccc(-n2c(-c3cc(C)cc(C)c3O)nc3c(-c4cc(-c5cc(-c6ccc(-c7ccccc7)cc6)ccn5)cc(C(C)(C)C)c4)cccc32)c(-c2ccc(C(C)(C)C)cc2)c1. The molecule has 4 heteroatoms. The van der Waals surface area contributed by atoms with E-state index in [1.807, 2.05) is 45.2 Å². The molecule has 4 nitrogen and oxygen atoms in total. The third-order valence-electron chi connectivity index (χ3n) is 12.7. The zero-order valence-electron chi connectivity index (χ0n) is 40.4. The molecule has 0 fully saturated rings. The van der Waals surface area contributed by atoms with Gasteiger partial charge in [0, 0.05) is 24.3 Å². The molecule has 9 aromatic rings. The van der Waals surface area contributed by atoms with E-state index in [9.17, 15) is 5.11 Å². The molecule has 2 heterocycles. The summed E-state index contributed by atoms with van der Waals surface area (Å²) < 4.78 is 11.3. The van der Waals surface area contributed by atoms with Gasteiger partial charge in [-0.3, -0.25) is 9.55 Å². The van der Waals surface area contributed by atoms with Gasteiger partial charge in [0.25, 0.3) is 0 Å². The van der Waals surface area contributed by atoms with E-state index in [-0.39, 0.29) is 16.6 Å². The minimum atomic E-state index is -0.825. The van der Waals surface area contributed by atoms with Crippen LogP contribution in [-0.2, 0) is 10.8 Å². The van der Waals surface area contributed by atoms with Gasteiger partial charge in [0.15, 0.2) is 0 Å². The first-order valence-electron chi connectivity index (χ1n) is 23.2. The minimum absolute atomic E-state index is 0.00479. The van der Waals surface area contributed by atoms with Gasteiger partial charge in [-0.1, -0.05) is 165 Å². The van der Waals surface area contributed by atoms with Crippen LogP contribution < -0.4 is 0 Å². The molecule has 0 unspecified atom stereocenters. The number of phenols is 1. The molecule has 7 aromatic carbocycles. The molecule has 0 bridgehead atoms. The van der Waals surface area contributed by atoms with Crippen LogP contribution in [0.5, 0.6) is 5.75 Å². The molecule has 0 aliphatic heterocycles. The molecular weight excluding hydrogens is 791 g/mol. The number of imidazole rings is 1. The highest BCUT2D eigenvalue weighted by atomic mass is 16.3. The molecule has 9 rings (SSSR count). The zero-order chi connectivity index (χ0) is 46.7. The van der Waals surface area contributed by atoms with Crippen molar-refractivity contribution in [2.45, 2.75) is 86.0 Å². The van der Waals surface area contributed by atoms with Crippen LogP contribution in [0.15, 0.2) is 164 Å². The van der Waals surface area contributed by atoms with Crippen LogP contribution in [0, 0.1) is 13.8 Å². The quantitative estimate of drug-likeness (QED) is 0.166. The van der Waals surface area contributed by atoms with Crippen molar-refractivity contribution >= 4 is 11.0 Å². The van der Waals surface area contributed by atoms with Gasteiger partial charge in [0.1, 0.15) is 11.6 Å². The molecule has 65 heavy (non-hydrogen) atoms. The first kappa shape index (κ1) is 41.9. The van der Waals surface area contributed by atoms with Gasteiger partial charge >= 0.3 is 0 Å². The molecule has 0 aliphatic carbocycles. The second-order valence-corrected chi connectivity index (χ2v) is 19.9. The summed E-state index contributed by atoms with van der Waals surface area (Å²) in [5.41, 5.74) is 18.9. The number of pyridine rings is 1. The Balaban J connectivity index is 1.26. The van der Waals surface area contributed by atoms with Crippen molar-refractivity contribution in [1.82, 2.24) is 14.5 Å². The van der Waals surface area contributed by atoms with Crippen LogP contribution in [0.4, 0.5) is 0 Å². The van der Waals surface area contributed by atoms with Crippen LogP contribution >= 0.6 is 0 Å². The summed E-state index contributed by atoms with van der Waals surface area (Å²) in [6.45, 7) is 21.3. The first-order valence-corrected chi connectivity index (χ1v) is 22.7. The third-order valence-corrected chi connectivity index (χ3v) is 12.7. The summed E-state index contributed by atoms with van der Waals surface area (Å²) >= 11 is 0. The minimum Gasteiger partial charge on any atom is -0.507 e. The Hall–Kier alpha value is -7.04. The maximum absolute atomic E-state index is 11.9. The normalized spacial score (nSPS) is 12.4. The maximum atomic E-state index is 11.9. The molecule has 0 spiro atoms. The van der Waals surface area contributed by atoms with Crippen LogP contribution in [0.2, 0.25) is 0 Å². The zero-order valence-corrected chi connectivity index (χ0v) is 39.4. The highest BCUT2D eigenvalue weighted by Gasteiger charge is 2.25. The highest BCUT2D eigenvalue weighted by Crippen LogP contribution is 2.43. The molecule has 0 amide bonds. The number of hydrogen-bond donors (Lipinski definition) is 1. The summed E-state index contributed by atoms with van der Waals surface area (Å²) in [5.74, 6) is 0.0257. The van der Waals surface area contributed by atoms with Crippen molar-refractivity contribution in [2.24, 2.45) is 0 Å². The Morgan fingerprint density at radius 2 is 1.18 bits per heavy atom. The number of fused-ring (bicyclic) bond motifs is 1. The number of aryl methyl sites for hydroxylation is 2. The number of rotatable bonds is 8. The largest absolute Gasteiger partial charge is 0.507 e. The number of hydrogen-bond acceptors (Lipinski definition) is 3. The van der Waals surface area contributed by atoms with Gasteiger partial charge in [-0.15, -0.1) is 0 Å². The van der Waals surface area contributed by atoms with Crippen molar-refractivity contribution < 1.29 is 6.48 Å². The number of aromatic hydroxyl groups is 1. The maximum Gasteiger partial charge on any atom is 0.149 e. The summed E-state index contributed by atoms with van der Waals surface area (Å²) in [6, 6.07) is 55.9. The Labute approximate surface area is 386 Å². The standard InChI is InChI=1S/C61H59N3O/c1-38(2)45-25-28-55(52(36-45)44-23-26-49(27-24-44)60(5,6)7)64-56-18-14-17-51(57(56)63-59(64)53-32-39(3)31-40(4)58(53)65)47-33-48(35-50(34-47)61(8,9)10)54-37-46(29-30-62-54)43-21-19-42(20-22-43)41-15-12-11-13-16-41/h11-38,65H,1-10H3/i38D. The van der Waals surface area contributed by atoms with Gasteiger partial charge < -0.3 is 5.11 Å². The van der Waals surface area contributed by atoms with Gasteiger partial charge in [-0.2, -0.15) is 0 Å². The summed E-state index contributed by atoms with van der Waals surface area (Å²) in [6.07, 6.45) is 1.91. The Bertz CT molecular complexity index is 3250. The Morgan fingerprint density at radius 3 is 1.86 bits per heavy atom. The Morgan fingerprint density at radius 1 is 0.538 bits per heavy atom. The molecule has 1 N–H and O–H groups in total. The Kier molecular flexibility index (Phi) is 10.9. The second kappa shape index (κ2) is 16.8. The van der Waals surface area contributed by atoms with Crippen molar-refractivity contribution in [3.63, 3.8) is 0 Å². The summed E-state index contributed by atoms with van der Waals surface area (Å²) in [7, 11) is 0. The summed E-state index contributed by atoms with van der Waals surface area (Å²) in [4.78, 5) is 10.5. The molecule has 0 atom stereocenters. The van der Waals surface area contributed by atoms with Crippen molar-refractivity contribution in [3.8, 4) is 78.6 Å². The predicted octanol–water partition coefficient (Wildman–Crippen LogP) is 16.5. The number of para-hydroxylation sites is 1. The van der Waals surface area contributed by atoms with E-state index >= 15 is 0 Å². The van der Waals surface area contributed by atoms with Gasteiger partial charge in [-0.05, 0) is 140 Å². The third kappa shape index (κ3) is 8.54. The second-order valence-electron chi connectivity index (χ2n) is 19.9. The van der Waals surface area contributed by atoms with Crippen LogP contribution in [0.25, 0.3) is 83.9 Å². The van der Waals surface area contributed by atoms with E-state index < -0.39 is 5.89 Å². The lowest BCUT2D eigenvalue weighted by atomic mass is 9.83. The lowest BCUT2D eigenvalue weighted by Crippen LogP contribution is -2.11. The van der Waals surface area contributed by atoms with Crippen molar-refractivity contribution in [3.05, 3.63) is 192 Å². The fourth-order valence-electron chi connectivity index (χ4n) is 8.93. The molecular formula is C61H59N3O. The van der Waals surface area contributed by atoms with Crippen LogP contribution in [0.1, 0.15) is 90.5 Å². The van der Waals surface area contributed by atoms with Gasteiger partial charge in [-0.25, -0.2) is 4.98 Å². The van der Waals surface area contributed by atoms with E-state index in [0.29, 0.717) is 11.4 Å². The molecule has 0 aliphatic rings. The van der Waals surface area contributed by atoms with E-state index in [4.69, 9.17) is 11.3 Å². The molecule has 2 aromatic heterocycles. The predicted molar refractivity (Wildman–Crippen MR) is 274 cm³/mol. The van der Waals surface area contributed by atoms with Gasteiger partial charge in [0.05, 0.1) is 28.0 Å². The number of aromatic nitrogens is 3. The number of nitrogens with zero attached hydrogens (tertiary/aromatic N) is 3. The van der Waals surface area contributed by atoms with E-state index in [1.54, 1.807) is 0 Å².